The second kappa shape index (κ2) is 8.79. The highest BCUT2D eigenvalue weighted by Crippen LogP contribution is 2.72. The minimum Gasteiger partial charge on any atom is -0.469 e. The van der Waals surface area contributed by atoms with Crippen molar-refractivity contribution in [3.8, 4) is 0 Å². The number of esters is 1. The number of allylic oxidation sites excluding steroid dienone is 4. The van der Waals surface area contributed by atoms with Gasteiger partial charge in [0.1, 0.15) is 0 Å². The van der Waals surface area contributed by atoms with Gasteiger partial charge in [0.15, 0.2) is 0 Å². The summed E-state index contributed by atoms with van der Waals surface area (Å²) in [4.78, 5) is 13.0. The molecule has 4 rings (SSSR count). The maximum atomic E-state index is 13.0. The van der Waals surface area contributed by atoms with Crippen molar-refractivity contribution in [3.05, 3.63) is 22.8 Å². The molecule has 0 amide bonds. The van der Waals surface area contributed by atoms with E-state index < -0.39 is 0 Å². The molecule has 4 aliphatic rings. The van der Waals surface area contributed by atoms with Crippen molar-refractivity contribution in [1.82, 2.24) is 0 Å². The van der Waals surface area contributed by atoms with Crippen molar-refractivity contribution < 1.29 is 14.6 Å². The van der Waals surface area contributed by atoms with Crippen molar-refractivity contribution in [2.45, 2.75) is 119 Å². The first kappa shape index (κ1) is 26.0. The van der Waals surface area contributed by atoms with Gasteiger partial charge < -0.3 is 9.84 Å². The maximum Gasteiger partial charge on any atom is 0.308 e. The molecule has 0 bridgehead atoms. The maximum absolute atomic E-state index is 13.0. The summed E-state index contributed by atoms with van der Waals surface area (Å²) in [6.45, 7) is 16.5. The van der Waals surface area contributed by atoms with Gasteiger partial charge in [-0.2, -0.15) is 0 Å². The number of hydrogen-bond acceptors (Lipinski definition) is 3. The van der Waals surface area contributed by atoms with Crippen molar-refractivity contribution >= 4 is 5.97 Å². The quantitative estimate of drug-likeness (QED) is 0.332. The molecule has 0 spiro atoms. The van der Waals surface area contributed by atoms with Crippen LogP contribution in [0, 0.1) is 39.4 Å². The van der Waals surface area contributed by atoms with E-state index >= 15 is 0 Å². The van der Waals surface area contributed by atoms with Gasteiger partial charge in [0.2, 0.25) is 0 Å². The number of fused-ring (bicyclic) bond motifs is 4. The fourth-order valence-electron chi connectivity index (χ4n) is 9.55. The average Bonchev–Trinajstić information content (AvgIpc) is 3.05. The lowest BCUT2D eigenvalue weighted by Crippen LogP contribution is -2.55. The summed E-state index contributed by atoms with van der Waals surface area (Å²) in [5, 5.41) is 10.8. The third-order valence-electron chi connectivity index (χ3n) is 11.8. The van der Waals surface area contributed by atoms with Gasteiger partial charge in [-0.3, -0.25) is 4.79 Å². The largest absolute Gasteiger partial charge is 0.469 e. The Morgan fingerprint density at radius 1 is 1.03 bits per heavy atom. The van der Waals surface area contributed by atoms with Crippen molar-refractivity contribution in [2.24, 2.45) is 39.4 Å². The Kier molecular flexibility index (Phi) is 6.71. The number of hydrogen-bond donors (Lipinski definition) is 1. The van der Waals surface area contributed by atoms with E-state index in [1.165, 1.54) is 37.7 Å². The molecule has 3 nitrogen and oxygen atoms in total. The van der Waals surface area contributed by atoms with E-state index in [1.807, 2.05) is 0 Å². The first-order chi connectivity index (χ1) is 15.8. The second-order valence-electron chi connectivity index (χ2n) is 13.7. The number of aliphatic hydroxyl groups excluding tert-OH is 1. The standard InChI is InChI=1S/C31H50O3/c1-20(2)10-9-11-21(27(33)34-8)22-14-18-31(7)24-12-13-25-28(3,4)26(32)16-17-29(25,5)23(24)15-19-30(22,31)6/h10,21-22,25-26,32H,9,11-19H2,1-8H3/t21-,22-,25+,26+,29-,30-,31+/m1/s1. The molecule has 192 valence electrons. The SMILES string of the molecule is COC(=O)[C@H](CCC=C(C)C)[C@H]1CC[C@@]2(C)C3=C(CC[C@]12C)[C@@]1(C)CC[C@H](O)C(C)(C)[C@@H]1CC3. The van der Waals surface area contributed by atoms with Gasteiger partial charge in [-0.15, -0.1) is 0 Å². The van der Waals surface area contributed by atoms with Crippen molar-refractivity contribution in [3.63, 3.8) is 0 Å². The zero-order chi connectivity index (χ0) is 25.1. The van der Waals surface area contributed by atoms with Crippen LogP contribution in [0.4, 0.5) is 0 Å². The number of carbonyl (C=O) groups excluding carboxylic acids is 1. The summed E-state index contributed by atoms with van der Waals surface area (Å²) < 4.78 is 5.37. The summed E-state index contributed by atoms with van der Waals surface area (Å²) in [5.41, 5.74) is 5.30. The molecule has 7 atom stereocenters. The van der Waals surface area contributed by atoms with E-state index in [0.717, 1.165) is 32.1 Å². The van der Waals surface area contributed by atoms with Gasteiger partial charge in [-0.1, -0.05) is 57.4 Å². The van der Waals surface area contributed by atoms with Crippen molar-refractivity contribution in [1.29, 1.82) is 0 Å². The Morgan fingerprint density at radius 2 is 1.74 bits per heavy atom. The number of aliphatic hydroxyl groups is 1. The van der Waals surface area contributed by atoms with Crippen LogP contribution >= 0.6 is 0 Å². The third-order valence-corrected chi connectivity index (χ3v) is 11.8. The molecule has 2 saturated carbocycles. The third kappa shape index (κ3) is 3.66. The highest BCUT2D eigenvalue weighted by molar-refractivity contribution is 5.73. The van der Waals surface area contributed by atoms with Crippen molar-refractivity contribution in [2.75, 3.05) is 7.11 Å². The fraction of sp³-hybridized carbons (Fsp3) is 0.839. The van der Waals surface area contributed by atoms with E-state index in [1.54, 1.807) is 18.3 Å². The Morgan fingerprint density at radius 3 is 2.38 bits per heavy atom. The zero-order valence-corrected chi connectivity index (χ0v) is 23.2. The molecule has 0 aliphatic heterocycles. The number of carbonyl (C=O) groups is 1. The van der Waals surface area contributed by atoms with Crippen LogP contribution in [0.5, 0.6) is 0 Å². The molecule has 4 aliphatic carbocycles. The summed E-state index contributed by atoms with van der Waals surface area (Å²) in [6.07, 6.45) is 13.0. The number of ether oxygens (including phenoxy) is 1. The predicted molar refractivity (Wildman–Crippen MR) is 139 cm³/mol. The first-order valence-electron chi connectivity index (χ1n) is 13.9. The van der Waals surface area contributed by atoms with Crippen LogP contribution in [0.1, 0.15) is 113 Å². The molecule has 1 N–H and O–H groups in total. The lowest BCUT2D eigenvalue weighted by molar-refractivity contribution is -0.150. The number of methoxy groups -OCH3 is 1. The highest BCUT2D eigenvalue weighted by Gasteiger charge is 2.64. The second-order valence-corrected chi connectivity index (χ2v) is 13.7. The summed E-state index contributed by atoms with van der Waals surface area (Å²) in [7, 11) is 1.57. The van der Waals surface area contributed by atoms with Gasteiger partial charge >= 0.3 is 5.97 Å². The van der Waals surface area contributed by atoms with Crippen LogP contribution in [0.2, 0.25) is 0 Å². The minimum absolute atomic E-state index is 0.00362. The minimum atomic E-state index is -0.186. The molecule has 0 radical (unpaired) electrons. The smallest absolute Gasteiger partial charge is 0.308 e. The van der Waals surface area contributed by atoms with Gasteiger partial charge in [-0.05, 0) is 112 Å². The lowest BCUT2D eigenvalue weighted by atomic mass is 9.43. The van der Waals surface area contributed by atoms with E-state index in [9.17, 15) is 9.90 Å². The molecule has 3 heteroatoms. The van der Waals surface area contributed by atoms with Gasteiger partial charge in [-0.25, -0.2) is 0 Å². The van der Waals surface area contributed by atoms with E-state index in [0.29, 0.717) is 11.8 Å². The van der Waals surface area contributed by atoms with Crippen LogP contribution in [0.3, 0.4) is 0 Å². The average molecular weight is 471 g/mol. The molecule has 0 aromatic rings. The van der Waals surface area contributed by atoms with Gasteiger partial charge in [0.05, 0.1) is 19.1 Å². The zero-order valence-electron chi connectivity index (χ0n) is 23.2. The normalized spacial score (nSPS) is 41.7. The fourth-order valence-corrected chi connectivity index (χ4v) is 9.55. The Bertz CT molecular complexity index is 877. The van der Waals surface area contributed by atoms with Crippen LogP contribution in [0.15, 0.2) is 22.8 Å². The van der Waals surface area contributed by atoms with Gasteiger partial charge in [0, 0.05) is 0 Å². The monoisotopic (exact) mass is 470 g/mol. The molecule has 0 saturated heterocycles. The van der Waals surface area contributed by atoms with Crippen LogP contribution in [-0.4, -0.2) is 24.3 Å². The summed E-state index contributed by atoms with van der Waals surface area (Å²) in [5.74, 6) is 0.931. The highest BCUT2D eigenvalue weighted by atomic mass is 16.5. The lowest BCUT2D eigenvalue weighted by Gasteiger charge is -2.62. The van der Waals surface area contributed by atoms with E-state index in [-0.39, 0.29) is 39.7 Å². The summed E-state index contributed by atoms with van der Waals surface area (Å²) in [6, 6.07) is 0. The molecular formula is C31H50O3. The Labute approximate surface area is 208 Å². The van der Waals surface area contributed by atoms with Crippen LogP contribution < -0.4 is 0 Å². The molecular weight excluding hydrogens is 420 g/mol. The van der Waals surface area contributed by atoms with Crippen LogP contribution in [0.25, 0.3) is 0 Å². The Hall–Kier alpha value is -1.09. The molecule has 0 heterocycles. The van der Waals surface area contributed by atoms with Gasteiger partial charge in [0.25, 0.3) is 0 Å². The van der Waals surface area contributed by atoms with Crippen LogP contribution in [-0.2, 0) is 9.53 Å². The molecule has 0 aromatic carbocycles. The molecule has 0 unspecified atom stereocenters. The molecule has 0 aromatic heterocycles. The molecule has 34 heavy (non-hydrogen) atoms. The molecule has 2 fully saturated rings. The number of rotatable bonds is 5. The Balaban J connectivity index is 1.70. The van der Waals surface area contributed by atoms with E-state index in [4.69, 9.17) is 4.74 Å². The first-order valence-corrected chi connectivity index (χ1v) is 13.9. The van der Waals surface area contributed by atoms with E-state index in [2.05, 4.69) is 54.5 Å². The summed E-state index contributed by atoms with van der Waals surface area (Å²) >= 11 is 0. The predicted octanol–water partition coefficient (Wildman–Crippen LogP) is 7.63. The topological polar surface area (TPSA) is 46.5 Å².